The van der Waals surface area contributed by atoms with Crippen LogP contribution in [0.1, 0.15) is 22.4 Å². The first-order valence-corrected chi connectivity index (χ1v) is 9.57. The first-order valence-electron chi connectivity index (χ1n) is 8.69. The highest BCUT2D eigenvalue weighted by Crippen LogP contribution is 2.44. The van der Waals surface area contributed by atoms with Crippen molar-refractivity contribution in [2.45, 2.75) is 18.9 Å². The molecule has 0 saturated carbocycles. The Morgan fingerprint density at radius 3 is 2.18 bits per heavy atom. The van der Waals surface area contributed by atoms with Gasteiger partial charge >= 0.3 is 0 Å². The number of nitrogens with zero attached hydrogens (tertiary/aromatic N) is 2. The van der Waals surface area contributed by atoms with Gasteiger partial charge in [0.2, 0.25) is 5.88 Å². The minimum absolute atomic E-state index is 0.176. The summed E-state index contributed by atoms with van der Waals surface area (Å²) in [4.78, 5) is 18.2. The molecule has 3 heterocycles. The van der Waals surface area contributed by atoms with Crippen molar-refractivity contribution in [3.63, 3.8) is 0 Å². The summed E-state index contributed by atoms with van der Waals surface area (Å²) in [5.74, 6) is -0.480. The van der Waals surface area contributed by atoms with Gasteiger partial charge in [-0.05, 0) is 31.2 Å². The van der Waals surface area contributed by atoms with E-state index in [-0.39, 0.29) is 29.5 Å². The van der Waals surface area contributed by atoms with E-state index in [9.17, 15) is 13.6 Å². The normalized spacial score (nSPS) is 14.8. The zero-order chi connectivity index (χ0) is 19.5. The average molecular weight is 396 g/mol. The highest BCUT2D eigenvalue weighted by molar-refractivity contribution is 7.15. The van der Waals surface area contributed by atoms with Crippen molar-refractivity contribution in [3.05, 3.63) is 98.3 Å². The first kappa shape index (κ1) is 17.1. The van der Waals surface area contributed by atoms with Gasteiger partial charge in [-0.15, -0.1) is 11.3 Å². The van der Waals surface area contributed by atoms with E-state index in [1.54, 1.807) is 28.7 Å². The number of aryl methyl sites for hydroxylation is 1. The Morgan fingerprint density at radius 2 is 1.61 bits per heavy atom. The molecule has 1 aliphatic heterocycles. The molecule has 0 N–H and O–H groups in total. The number of ether oxygens (including phenoxy) is 1. The van der Waals surface area contributed by atoms with Crippen molar-refractivity contribution in [1.82, 2.24) is 9.38 Å². The standard InChI is InChI=1S/C21H14F2N2O2S/c1-12-11-28-20-24-18-17(19(26)25(12)20)10-21(27-18,13-2-6-15(22)7-3-13)14-4-8-16(23)9-5-14/h2-9,11H,10H2,1H3. The molecule has 28 heavy (non-hydrogen) atoms. The Balaban J connectivity index is 1.75. The predicted octanol–water partition coefficient (Wildman–Crippen LogP) is 4.22. The molecule has 0 fully saturated rings. The van der Waals surface area contributed by atoms with E-state index in [4.69, 9.17) is 4.74 Å². The summed E-state index contributed by atoms with van der Waals surface area (Å²) in [5, 5.41) is 1.87. The Kier molecular flexibility index (Phi) is 3.64. The van der Waals surface area contributed by atoms with Gasteiger partial charge in [-0.25, -0.2) is 8.78 Å². The van der Waals surface area contributed by atoms with Crippen molar-refractivity contribution < 1.29 is 13.5 Å². The minimum Gasteiger partial charge on any atom is -0.460 e. The highest BCUT2D eigenvalue weighted by Gasteiger charge is 2.45. The lowest BCUT2D eigenvalue weighted by atomic mass is 9.83. The second-order valence-corrected chi connectivity index (χ2v) is 7.65. The summed E-state index contributed by atoms with van der Waals surface area (Å²) in [6.07, 6.45) is 0.226. The van der Waals surface area contributed by atoms with Crippen molar-refractivity contribution in [3.8, 4) is 5.88 Å². The number of hydrogen-bond donors (Lipinski definition) is 0. The molecule has 7 heteroatoms. The highest BCUT2D eigenvalue weighted by atomic mass is 32.1. The maximum Gasteiger partial charge on any atom is 0.265 e. The lowest BCUT2D eigenvalue weighted by Crippen LogP contribution is -2.33. The van der Waals surface area contributed by atoms with Crippen LogP contribution >= 0.6 is 11.3 Å². The van der Waals surface area contributed by atoms with Crippen LogP contribution in [0.5, 0.6) is 5.88 Å². The number of rotatable bonds is 2. The van der Waals surface area contributed by atoms with Gasteiger partial charge in [-0.2, -0.15) is 4.98 Å². The zero-order valence-corrected chi connectivity index (χ0v) is 15.6. The van der Waals surface area contributed by atoms with Gasteiger partial charge in [0, 0.05) is 28.6 Å². The minimum atomic E-state index is -1.08. The van der Waals surface area contributed by atoms with E-state index >= 15 is 0 Å². The molecule has 0 atom stereocenters. The van der Waals surface area contributed by atoms with Crippen LogP contribution in [0.3, 0.4) is 0 Å². The third kappa shape index (κ3) is 2.39. The van der Waals surface area contributed by atoms with Crippen LogP contribution in [0, 0.1) is 18.6 Å². The molecule has 1 aliphatic rings. The second kappa shape index (κ2) is 5.97. The number of thiazole rings is 1. The number of hydrogen-bond acceptors (Lipinski definition) is 4. The van der Waals surface area contributed by atoms with E-state index in [1.807, 2.05) is 12.3 Å². The molecule has 0 amide bonds. The van der Waals surface area contributed by atoms with E-state index < -0.39 is 5.60 Å². The number of halogens is 2. The third-order valence-electron chi connectivity index (χ3n) is 5.11. The molecule has 140 valence electrons. The van der Waals surface area contributed by atoms with Crippen molar-refractivity contribution in [1.29, 1.82) is 0 Å². The van der Waals surface area contributed by atoms with E-state index in [2.05, 4.69) is 4.98 Å². The molecule has 4 aromatic rings. The number of fused-ring (bicyclic) bond motifs is 2. The van der Waals surface area contributed by atoms with Crippen molar-refractivity contribution >= 4 is 16.3 Å². The van der Waals surface area contributed by atoms with Gasteiger partial charge in [0.1, 0.15) is 11.6 Å². The molecule has 0 saturated heterocycles. The molecule has 0 spiro atoms. The molecule has 4 nitrogen and oxygen atoms in total. The van der Waals surface area contributed by atoms with Crippen LogP contribution in [0.4, 0.5) is 8.78 Å². The summed E-state index contributed by atoms with van der Waals surface area (Å²) in [5.41, 5.74) is 1.35. The Hall–Kier alpha value is -3.06. The summed E-state index contributed by atoms with van der Waals surface area (Å²) in [6, 6.07) is 11.9. The van der Waals surface area contributed by atoms with Gasteiger partial charge in [0.25, 0.3) is 5.56 Å². The summed E-state index contributed by atoms with van der Waals surface area (Å²) >= 11 is 1.36. The first-order chi connectivity index (χ1) is 13.5. The average Bonchev–Trinajstić information content (AvgIpc) is 3.25. The fourth-order valence-corrected chi connectivity index (χ4v) is 4.56. The van der Waals surface area contributed by atoms with Crippen LogP contribution in [0.2, 0.25) is 0 Å². The van der Waals surface area contributed by atoms with Crippen LogP contribution < -0.4 is 10.3 Å². The van der Waals surface area contributed by atoms with E-state index in [0.717, 1.165) is 5.69 Å². The molecule has 0 aliphatic carbocycles. The number of aromatic nitrogens is 2. The Labute approximate surface area is 162 Å². The molecule has 2 aromatic carbocycles. The largest absolute Gasteiger partial charge is 0.460 e. The SMILES string of the molecule is Cc1csc2nc3c(c(=O)n12)CC(c1ccc(F)cc1)(c1ccc(F)cc1)O3. The van der Waals surface area contributed by atoms with Crippen LogP contribution in [-0.4, -0.2) is 9.38 Å². The molecular weight excluding hydrogens is 382 g/mol. The fraction of sp³-hybridized carbons (Fsp3) is 0.143. The van der Waals surface area contributed by atoms with Gasteiger partial charge in [-0.1, -0.05) is 24.3 Å². The third-order valence-corrected chi connectivity index (χ3v) is 6.06. The maximum absolute atomic E-state index is 13.5. The summed E-state index contributed by atoms with van der Waals surface area (Å²) in [6.45, 7) is 1.85. The maximum atomic E-state index is 13.5. The van der Waals surface area contributed by atoms with Gasteiger partial charge < -0.3 is 4.74 Å². The molecule has 5 rings (SSSR count). The summed E-state index contributed by atoms with van der Waals surface area (Å²) < 4.78 is 34.9. The topological polar surface area (TPSA) is 43.6 Å². The quantitative estimate of drug-likeness (QED) is 0.510. The molecule has 0 unspecified atom stereocenters. The Morgan fingerprint density at radius 1 is 1.04 bits per heavy atom. The van der Waals surface area contributed by atoms with E-state index in [0.29, 0.717) is 21.7 Å². The van der Waals surface area contributed by atoms with Crippen LogP contribution in [-0.2, 0) is 12.0 Å². The number of benzene rings is 2. The van der Waals surface area contributed by atoms with Crippen molar-refractivity contribution in [2.75, 3.05) is 0 Å². The molecule has 0 bridgehead atoms. The fourth-order valence-electron chi connectivity index (χ4n) is 3.71. The van der Waals surface area contributed by atoms with Crippen molar-refractivity contribution in [2.24, 2.45) is 0 Å². The van der Waals surface area contributed by atoms with Gasteiger partial charge in [0.15, 0.2) is 10.6 Å². The van der Waals surface area contributed by atoms with Gasteiger partial charge in [0.05, 0.1) is 5.56 Å². The lowest BCUT2D eigenvalue weighted by molar-refractivity contribution is 0.134. The lowest BCUT2D eigenvalue weighted by Gasteiger charge is -2.29. The molecular formula is C21H14F2N2O2S. The van der Waals surface area contributed by atoms with E-state index in [1.165, 1.54) is 35.6 Å². The zero-order valence-electron chi connectivity index (χ0n) is 14.8. The Bertz CT molecular complexity index is 1220. The molecule has 0 radical (unpaired) electrons. The monoisotopic (exact) mass is 396 g/mol. The van der Waals surface area contributed by atoms with Crippen LogP contribution in [0.15, 0.2) is 58.7 Å². The molecule has 2 aromatic heterocycles. The van der Waals surface area contributed by atoms with Crippen LogP contribution in [0.25, 0.3) is 4.96 Å². The van der Waals surface area contributed by atoms with Gasteiger partial charge in [-0.3, -0.25) is 9.20 Å². The predicted molar refractivity (Wildman–Crippen MR) is 102 cm³/mol. The summed E-state index contributed by atoms with van der Waals surface area (Å²) in [7, 11) is 0. The second-order valence-electron chi connectivity index (χ2n) is 6.82. The smallest absolute Gasteiger partial charge is 0.265 e.